The summed E-state index contributed by atoms with van der Waals surface area (Å²) in [7, 11) is 0. The lowest BCUT2D eigenvalue weighted by molar-refractivity contribution is -0.297. The van der Waals surface area contributed by atoms with Crippen molar-refractivity contribution in [2.75, 3.05) is 0 Å². The number of aliphatic hydroxyl groups excluding tert-OH is 5. The van der Waals surface area contributed by atoms with Crippen LogP contribution in [-0.4, -0.2) is 62.3 Å². The van der Waals surface area contributed by atoms with Crippen LogP contribution in [0.15, 0.2) is 0 Å². The Morgan fingerprint density at radius 1 is 1.06 bits per heavy atom. The summed E-state index contributed by atoms with van der Waals surface area (Å²) in [5.41, 5.74) is 0. The number of hydrogen-bond acceptors (Lipinski definition) is 6. The van der Waals surface area contributed by atoms with Gasteiger partial charge in [0.1, 0.15) is 24.4 Å². The molecule has 0 aromatic heterocycles. The predicted octanol–water partition coefficient (Wildman–Crippen LogP) is -1.66. The molecule has 1 aliphatic heterocycles. The second kappa shape index (κ2) is 5.90. The van der Waals surface area contributed by atoms with E-state index in [0.717, 1.165) is 12.8 Å². The van der Waals surface area contributed by atoms with Gasteiger partial charge in [-0.3, -0.25) is 0 Å². The quantitative estimate of drug-likeness (QED) is 0.399. The van der Waals surface area contributed by atoms with Crippen molar-refractivity contribution in [2.24, 2.45) is 0 Å². The van der Waals surface area contributed by atoms with Crippen molar-refractivity contribution >= 4 is 0 Å². The van der Waals surface area contributed by atoms with Crippen LogP contribution in [0.2, 0.25) is 0 Å². The van der Waals surface area contributed by atoms with Gasteiger partial charge in [0.25, 0.3) is 0 Å². The maximum atomic E-state index is 9.71. The average molecular weight is 236 g/mol. The number of hydrogen-bond donors (Lipinski definition) is 5. The van der Waals surface area contributed by atoms with Crippen LogP contribution >= 0.6 is 0 Å². The van der Waals surface area contributed by atoms with E-state index in [2.05, 4.69) is 0 Å². The molecule has 0 unspecified atom stereocenters. The summed E-state index contributed by atoms with van der Waals surface area (Å²) >= 11 is 0. The van der Waals surface area contributed by atoms with Crippen LogP contribution in [0.1, 0.15) is 26.2 Å². The molecule has 96 valence electrons. The molecule has 0 aromatic rings. The summed E-state index contributed by atoms with van der Waals surface area (Å²) in [5.74, 6) is 0. The van der Waals surface area contributed by atoms with Gasteiger partial charge in [-0.15, -0.1) is 0 Å². The Morgan fingerprint density at radius 3 is 2.25 bits per heavy atom. The van der Waals surface area contributed by atoms with Crippen LogP contribution in [-0.2, 0) is 4.74 Å². The second-order valence-corrected chi connectivity index (χ2v) is 4.17. The minimum absolute atomic E-state index is 0.410. The van der Waals surface area contributed by atoms with Gasteiger partial charge in [-0.25, -0.2) is 0 Å². The van der Waals surface area contributed by atoms with Gasteiger partial charge < -0.3 is 30.3 Å². The molecule has 0 aromatic carbocycles. The van der Waals surface area contributed by atoms with Crippen LogP contribution in [0, 0.1) is 0 Å². The Kier molecular flexibility index (Phi) is 5.10. The van der Waals surface area contributed by atoms with E-state index in [9.17, 15) is 25.5 Å². The van der Waals surface area contributed by atoms with Gasteiger partial charge in [0.05, 0.1) is 6.10 Å². The molecule has 6 atom stereocenters. The predicted molar refractivity (Wildman–Crippen MR) is 54.4 cm³/mol. The Morgan fingerprint density at radius 2 is 1.69 bits per heavy atom. The lowest BCUT2D eigenvalue weighted by Gasteiger charge is -2.40. The highest BCUT2D eigenvalue weighted by Crippen LogP contribution is 2.23. The molecule has 0 aliphatic carbocycles. The molecule has 0 spiro atoms. The summed E-state index contributed by atoms with van der Waals surface area (Å²) in [5, 5.41) is 47.2. The molecule has 1 heterocycles. The zero-order chi connectivity index (χ0) is 12.3. The van der Waals surface area contributed by atoms with Gasteiger partial charge in [0.2, 0.25) is 0 Å². The highest BCUT2D eigenvalue weighted by Gasteiger charge is 2.45. The highest BCUT2D eigenvalue weighted by molar-refractivity contribution is 4.91. The SMILES string of the molecule is CCCC[C@@H](O)[C@H]1O[C@@H](O)[C@H](O)[C@@H](O)[C@@H]1O. The molecular formula is C10H20O6. The van der Waals surface area contributed by atoms with E-state index < -0.39 is 36.8 Å². The zero-order valence-corrected chi connectivity index (χ0v) is 9.23. The van der Waals surface area contributed by atoms with Crippen molar-refractivity contribution in [1.29, 1.82) is 0 Å². The van der Waals surface area contributed by atoms with E-state index >= 15 is 0 Å². The number of rotatable bonds is 4. The molecule has 0 saturated carbocycles. The van der Waals surface area contributed by atoms with Gasteiger partial charge in [-0.2, -0.15) is 0 Å². The Labute approximate surface area is 94.1 Å². The lowest BCUT2D eigenvalue weighted by Crippen LogP contribution is -2.60. The average Bonchev–Trinajstić information content (AvgIpc) is 2.28. The molecule has 6 heteroatoms. The van der Waals surface area contributed by atoms with Crippen molar-refractivity contribution in [1.82, 2.24) is 0 Å². The highest BCUT2D eigenvalue weighted by atomic mass is 16.6. The van der Waals surface area contributed by atoms with Crippen LogP contribution in [0.4, 0.5) is 0 Å². The summed E-state index contributed by atoms with van der Waals surface area (Å²) in [6.45, 7) is 1.96. The molecule has 0 radical (unpaired) electrons. The lowest BCUT2D eigenvalue weighted by atomic mass is 9.93. The van der Waals surface area contributed by atoms with Gasteiger partial charge in [0.15, 0.2) is 6.29 Å². The first kappa shape index (κ1) is 13.8. The van der Waals surface area contributed by atoms with E-state index in [1.165, 1.54) is 0 Å². The largest absolute Gasteiger partial charge is 0.390 e. The third-order valence-electron chi connectivity index (χ3n) is 2.86. The molecule has 16 heavy (non-hydrogen) atoms. The minimum Gasteiger partial charge on any atom is -0.390 e. The normalized spacial score (nSPS) is 42.0. The van der Waals surface area contributed by atoms with E-state index in [1.807, 2.05) is 6.92 Å². The fraction of sp³-hybridized carbons (Fsp3) is 1.00. The molecule has 0 amide bonds. The summed E-state index contributed by atoms with van der Waals surface area (Å²) in [6, 6.07) is 0. The summed E-state index contributed by atoms with van der Waals surface area (Å²) in [6.07, 6.45) is -6.03. The molecule has 0 bridgehead atoms. The van der Waals surface area contributed by atoms with Crippen molar-refractivity contribution in [2.45, 2.75) is 63.0 Å². The van der Waals surface area contributed by atoms with Crippen molar-refractivity contribution < 1.29 is 30.3 Å². The standard InChI is InChI=1S/C10H20O6/c1-2-3-4-5(11)9-7(13)6(12)8(14)10(15)16-9/h5-15H,2-4H2,1H3/t5-,6+,7+,8-,9-,10-/m1/s1. The van der Waals surface area contributed by atoms with Crippen LogP contribution in [0.25, 0.3) is 0 Å². The molecule has 5 N–H and O–H groups in total. The maximum absolute atomic E-state index is 9.71. The number of unbranched alkanes of at least 4 members (excludes halogenated alkanes) is 1. The van der Waals surface area contributed by atoms with Gasteiger partial charge >= 0.3 is 0 Å². The topological polar surface area (TPSA) is 110 Å². The Hall–Kier alpha value is -0.240. The fourth-order valence-electron chi connectivity index (χ4n) is 1.78. The van der Waals surface area contributed by atoms with E-state index in [1.54, 1.807) is 0 Å². The fourth-order valence-corrected chi connectivity index (χ4v) is 1.78. The van der Waals surface area contributed by atoms with E-state index in [4.69, 9.17) is 4.74 Å². The molecule has 1 aliphatic rings. The van der Waals surface area contributed by atoms with Gasteiger partial charge in [0, 0.05) is 0 Å². The van der Waals surface area contributed by atoms with Gasteiger partial charge in [-0.1, -0.05) is 19.8 Å². The van der Waals surface area contributed by atoms with E-state index in [0.29, 0.717) is 6.42 Å². The van der Waals surface area contributed by atoms with Crippen LogP contribution in [0.5, 0.6) is 0 Å². The number of ether oxygens (including phenoxy) is 1. The first-order chi connectivity index (χ1) is 7.49. The maximum Gasteiger partial charge on any atom is 0.184 e. The third-order valence-corrected chi connectivity index (χ3v) is 2.86. The van der Waals surface area contributed by atoms with Crippen molar-refractivity contribution in [3.8, 4) is 0 Å². The van der Waals surface area contributed by atoms with E-state index in [-0.39, 0.29) is 0 Å². The Bertz CT molecular complexity index is 211. The zero-order valence-electron chi connectivity index (χ0n) is 9.23. The first-order valence-corrected chi connectivity index (χ1v) is 5.54. The van der Waals surface area contributed by atoms with Crippen LogP contribution in [0.3, 0.4) is 0 Å². The monoisotopic (exact) mass is 236 g/mol. The summed E-state index contributed by atoms with van der Waals surface area (Å²) in [4.78, 5) is 0. The summed E-state index contributed by atoms with van der Waals surface area (Å²) < 4.78 is 4.89. The molecule has 1 rings (SSSR count). The Balaban J connectivity index is 2.59. The minimum atomic E-state index is -1.58. The number of aliphatic hydroxyl groups is 5. The molecule has 1 saturated heterocycles. The van der Waals surface area contributed by atoms with Crippen molar-refractivity contribution in [3.05, 3.63) is 0 Å². The second-order valence-electron chi connectivity index (χ2n) is 4.17. The van der Waals surface area contributed by atoms with Crippen LogP contribution < -0.4 is 0 Å². The smallest absolute Gasteiger partial charge is 0.184 e. The molecule has 1 fully saturated rings. The van der Waals surface area contributed by atoms with Gasteiger partial charge in [-0.05, 0) is 6.42 Å². The third kappa shape index (κ3) is 2.91. The molecular weight excluding hydrogens is 216 g/mol. The first-order valence-electron chi connectivity index (χ1n) is 5.54. The molecule has 6 nitrogen and oxygen atoms in total. The van der Waals surface area contributed by atoms with Crippen molar-refractivity contribution in [3.63, 3.8) is 0 Å².